The van der Waals surface area contributed by atoms with Crippen LogP contribution in [0.5, 0.6) is 0 Å². The van der Waals surface area contributed by atoms with Gasteiger partial charge in [-0.3, -0.25) is 11.3 Å². The van der Waals surface area contributed by atoms with Crippen LogP contribution in [-0.4, -0.2) is 0 Å². The molecule has 0 saturated heterocycles. The molecule has 0 aliphatic rings. The number of hydrogen-bond donors (Lipinski definition) is 2. The lowest BCUT2D eigenvalue weighted by Crippen LogP contribution is -2.29. The first-order valence-electron chi connectivity index (χ1n) is 5.92. The van der Waals surface area contributed by atoms with Crippen LogP contribution < -0.4 is 11.3 Å². The summed E-state index contributed by atoms with van der Waals surface area (Å²) in [5, 5.41) is 0.766. The van der Waals surface area contributed by atoms with E-state index in [0.717, 1.165) is 17.4 Å². The van der Waals surface area contributed by atoms with E-state index in [1.165, 1.54) is 18.4 Å². The molecule has 0 heterocycles. The minimum absolute atomic E-state index is 0.224. The van der Waals surface area contributed by atoms with Crippen molar-refractivity contribution in [2.75, 3.05) is 0 Å². The number of nitrogens with one attached hydrogen (secondary N) is 1. The second-order valence-electron chi connectivity index (χ2n) is 4.19. The topological polar surface area (TPSA) is 38.0 Å². The monoisotopic (exact) mass is 240 g/mol. The van der Waals surface area contributed by atoms with Crippen molar-refractivity contribution >= 4 is 11.6 Å². The zero-order chi connectivity index (χ0) is 12.0. The second kappa shape index (κ2) is 6.89. The van der Waals surface area contributed by atoms with Crippen LogP contribution in [0.25, 0.3) is 0 Å². The molecule has 0 fully saturated rings. The predicted molar refractivity (Wildman–Crippen MR) is 70.2 cm³/mol. The number of nitrogens with two attached hydrogens (primary N) is 1. The Labute approximate surface area is 103 Å². The Balaban J connectivity index is 2.70. The summed E-state index contributed by atoms with van der Waals surface area (Å²) < 4.78 is 0. The molecule has 0 aliphatic heterocycles. The molecular formula is C13H21ClN2. The maximum absolute atomic E-state index is 5.87. The fourth-order valence-corrected chi connectivity index (χ4v) is 2.08. The molecule has 0 spiro atoms. The van der Waals surface area contributed by atoms with Crippen LogP contribution in [0.4, 0.5) is 0 Å². The third-order valence-corrected chi connectivity index (χ3v) is 3.45. The molecule has 1 aromatic rings. The first-order chi connectivity index (χ1) is 7.71. The van der Waals surface area contributed by atoms with Crippen molar-refractivity contribution < 1.29 is 0 Å². The molecule has 90 valence electrons. The van der Waals surface area contributed by atoms with E-state index < -0.39 is 0 Å². The quantitative estimate of drug-likeness (QED) is 0.588. The fraction of sp³-hybridized carbons (Fsp3) is 0.538. The average molecular weight is 241 g/mol. The van der Waals surface area contributed by atoms with Crippen molar-refractivity contribution in [1.29, 1.82) is 0 Å². The van der Waals surface area contributed by atoms with Gasteiger partial charge in [-0.1, -0.05) is 50.4 Å². The van der Waals surface area contributed by atoms with Gasteiger partial charge in [0.05, 0.1) is 0 Å². The first kappa shape index (κ1) is 13.5. The Kier molecular flexibility index (Phi) is 5.81. The molecule has 0 bridgehead atoms. The van der Waals surface area contributed by atoms with Gasteiger partial charge >= 0.3 is 0 Å². The van der Waals surface area contributed by atoms with Gasteiger partial charge in [-0.15, -0.1) is 0 Å². The van der Waals surface area contributed by atoms with E-state index in [0.29, 0.717) is 0 Å². The van der Waals surface area contributed by atoms with E-state index in [1.54, 1.807) is 0 Å². The summed E-state index contributed by atoms with van der Waals surface area (Å²) in [5.74, 6) is 6.34. The first-order valence-corrected chi connectivity index (χ1v) is 6.30. The number of benzene rings is 1. The summed E-state index contributed by atoms with van der Waals surface area (Å²) in [6.07, 6.45) is 3.47. The van der Waals surface area contributed by atoms with Crippen molar-refractivity contribution in [3.05, 3.63) is 34.9 Å². The summed E-state index contributed by atoms with van der Waals surface area (Å²) in [6, 6.07) is 8.12. The highest BCUT2D eigenvalue weighted by molar-refractivity contribution is 6.30. The van der Waals surface area contributed by atoms with Crippen LogP contribution in [0.1, 0.15) is 44.7 Å². The molecule has 0 aromatic heterocycles. The smallest absolute Gasteiger partial charge is 0.0462 e. The van der Waals surface area contributed by atoms with Crippen molar-refractivity contribution in [1.82, 2.24) is 5.43 Å². The van der Waals surface area contributed by atoms with Crippen molar-refractivity contribution in [3.8, 4) is 0 Å². The van der Waals surface area contributed by atoms with E-state index in [9.17, 15) is 0 Å². The van der Waals surface area contributed by atoms with Crippen LogP contribution in [0.2, 0.25) is 5.02 Å². The molecule has 1 atom stereocenters. The Bertz CT molecular complexity index is 293. The standard InChI is InChI=1S/C13H21ClN2/c1-3-10(4-2)9-13(16-15)11-5-7-12(14)8-6-11/h5-8,10,13,16H,3-4,9,15H2,1-2H3. The highest BCUT2D eigenvalue weighted by Crippen LogP contribution is 2.25. The minimum Gasteiger partial charge on any atom is -0.271 e. The van der Waals surface area contributed by atoms with Crippen LogP contribution in [-0.2, 0) is 0 Å². The molecule has 1 aromatic carbocycles. The van der Waals surface area contributed by atoms with Crippen LogP contribution in [0.15, 0.2) is 24.3 Å². The average Bonchev–Trinajstić information content (AvgIpc) is 2.32. The summed E-state index contributed by atoms with van der Waals surface area (Å²) in [6.45, 7) is 4.45. The van der Waals surface area contributed by atoms with E-state index >= 15 is 0 Å². The lowest BCUT2D eigenvalue weighted by Gasteiger charge is -2.21. The largest absolute Gasteiger partial charge is 0.271 e. The third-order valence-electron chi connectivity index (χ3n) is 3.20. The highest BCUT2D eigenvalue weighted by atomic mass is 35.5. The Morgan fingerprint density at radius 3 is 2.19 bits per heavy atom. The zero-order valence-electron chi connectivity index (χ0n) is 10.0. The summed E-state index contributed by atoms with van der Waals surface area (Å²) in [7, 11) is 0. The number of halogens is 1. The van der Waals surface area contributed by atoms with Crippen LogP contribution in [0, 0.1) is 5.92 Å². The van der Waals surface area contributed by atoms with Crippen LogP contribution >= 0.6 is 11.6 Å². The van der Waals surface area contributed by atoms with Crippen molar-refractivity contribution in [3.63, 3.8) is 0 Å². The minimum atomic E-state index is 0.224. The van der Waals surface area contributed by atoms with Gasteiger partial charge in [0.25, 0.3) is 0 Å². The van der Waals surface area contributed by atoms with E-state index in [4.69, 9.17) is 17.4 Å². The van der Waals surface area contributed by atoms with E-state index in [-0.39, 0.29) is 6.04 Å². The normalized spacial score (nSPS) is 13.1. The second-order valence-corrected chi connectivity index (χ2v) is 4.63. The van der Waals surface area contributed by atoms with Gasteiger partial charge in [0.2, 0.25) is 0 Å². The molecule has 0 radical (unpaired) electrons. The van der Waals surface area contributed by atoms with Gasteiger partial charge in [0.15, 0.2) is 0 Å². The molecular weight excluding hydrogens is 220 g/mol. The summed E-state index contributed by atoms with van der Waals surface area (Å²) in [4.78, 5) is 0. The Morgan fingerprint density at radius 1 is 1.19 bits per heavy atom. The molecule has 0 saturated carbocycles. The molecule has 2 nitrogen and oxygen atoms in total. The fourth-order valence-electron chi connectivity index (χ4n) is 1.95. The molecule has 0 aliphatic carbocycles. The Morgan fingerprint density at radius 2 is 1.75 bits per heavy atom. The predicted octanol–water partition coefficient (Wildman–Crippen LogP) is 3.67. The van der Waals surface area contributed by atoms with Crippen molar-refractivity contribution in [2.24, 2.45) is 11.8 Å². The summed E-state index contributed by atoms with van der Waals surface area (Å²) >= 11 is 5.87. The lowest BCUT2D eigenvalue weighted by atomic mass is 9.91. The third kappa shape index (κ3) is 3.78. The molecule has 1 rings (SSSR count). The van der Waals surface area contributed by atoms with Gasteiger partial charge < -0.3 is 0 Å². The molecule has 16 heavy (non-hydrogen) atoms. The van der Waals surface area contributed by atoms with Gasteiger partial charge in [-0.25, -0.2) is 0 Å². The Hall–Kier alpha value is -0.570. The lowest BCUT2D eigenvalue weighted by molar-refractivity contribution is 0.375. The van der Waals surface area contributed by atoms with Gasteiger partial charge in [0.1, 0.15) is 0 Å². The molecule has 1 unspecified atom stereocenters. The summed E-state index contributed by atoms with van der Waals surface area (Å²) in [5.41, 5.74) is 4.10. The van der Waals surface area contributed by atoms with Gasteiger partial charge in [0, 0.05) is 11.1 Å². The molecule has 0 amide bonds. The zero-order valence-corrected chi connectivity index (χ0v) is 10.8. The number of rotatable bonds is 6. The highest BCUT2D eigenvalue weighted by Gasteiger charge is 2.14. The van der Waals surface area contributed by atoms with Gasteiger partial charge in [-0.05, 0) is 30.0 Å². The van der Waals surface area contributed by atoms with Crippen molar-refractivity contribution in [2.45, 2.75) is 39.2 Å². The van der Waals surface area contributed by atoms with Gasteiger partial charge in [-0.2, -0.15) is 0 Å². The maximum atomic E-state index is 5.87. The number of hydrazine groups is 1. The SMILES string of the molecule is CCC(CC)CC(NN)c1ccc(Cl)cc1. The van der Waals surface area contributed by atoms with E-state index in [2.05, 4.69) is 19.3 Å². The van der Waals surface area contributed by atoms with E-state index in [1.807, 2.05) is 24.3 Å². The molecule has 3 N–H and O–H groups in total. The number of hydrogen-bond acceptors (Lipinski definition) is 2. The molecule has 3 heteroatoms. The maximum Gasteiger partial charge on any atom is 0.0462 e. The van der Waals surface area contributed by atoms with Crippen LogP contribution in [0.3, 0.4) is 0 Å².